The van der Waals surface area contributed by atoms with E-state index in [9.17, 15) is 4.79 Å². The Hall–Kier alpha value is -2.41. The number of carboxylic acids is 1. The molecule has 0 saturated carbocycles. The number of aromatic nitrogens is 2. The molecule has 138 valence electrons. The lowest BCUT2D eigenvalue weighted by atomic mass is 9.78. The van der Waals surface area contributed by atoms with Gasteiger partial charge in [-0.2, -0.15) is 0 Å². The highest BCUT2D eigenvalue weighted by atomic mass is 16.6. The highest BCUT2D eigenvalue weighted by molar-refractivity contribution is 5.85. The smallest absolute Gasteiger partial charge is 0.344 e. The van der Waals surface area contributed by atoms with Crippen molar-refractivity contribution in [3.63, 3.8) is 0 Å². The van der Waals surface area contributed by atoms with Gasteiger partial charge in [0.05, 0.1) is 11.0 Å². The standard InChI is InChI=1S/C19H24N4O3/c1-12-6-7-13-8-14(9-16(12)21-13)23-17-5-3-2-4-15(17)22-18(23)10-20-26-11-19(24)25/h2-5,10,12-14,16,21H,6-9,11H2,1H3,(H,24,25)/b20-10+/t12?,13-,14?,16?/m1/s1. The molecule has 4 rings (SSSR count). The fraction of sp³-hybridized carbons (Fsp3) is 0.526. The molecule has 2 aromatic rings. The van der Waals surface area contributed by atoms with Crippen molar-refractivity contribution >= 4 is 23.2 Å². The monoisotopic (exact) mass is 356 g/mol. The van der Waals surface area contributed by atoms with Crippen LogP contribution >= 0.6 is 0 Å². The molecule has 2 aliphatic heterocycles. The Labute approximate surface area is 152 Å². The van der Waals surface area contributed by atoms with Gasteiger partial charge in [0.2, 0.25) is 6.61 Å². The maximum absolute atomic E-state index is 10.6. The summed E-state index contributed by atoms with van der Waals surface area (Å²) in [6.07, 6.45) is 6.17. The molecule has 2 saturated heterocycles. The molecular formula is C19H24N4O3. The van der Waals surface area contributed by atoms with Crippen LogP contribution in [0.5, 0.6) is 0 Å². The number of fused-ring (bicyclic) bond motifs is 3. The first-order chi connectivity index (χ1) is 12.6. The molecule has 3 unspecified atom stereocenters. The summed E-state index contributed by atoms with van der Waals surface area (Å²) in [5, 5.41) is 16.3. The van der Waals surface area contributed by atoms with Crippen molar-refractivity contribution in [2.45, 2.75) is 50.7 Å². The largest absolute Gasteiger partial charge is 0.479 e. The van der Waals surface area contributed by atoms with E-state index in [2.05, 4.69) is 33.0 Å². The number of carboxylic acid groups (broad SMARTS) is 1. The second kappa shape index (κ2) is 7.07. The maximum atomic E-state index is 10.6. The van der Waals surface area contributed by atoms with Gasteiger partial charge in [0.15, 0.2) is 5.82 Å². The van der Waals surface area contributed by atoms with Crippen molar-refractivity contribution in [3.05, 3.63) is 30.1 Å². The highest BCUT2D eigenvalue weighted by Gasteiger charge is 2.36. The molecule has 26 heavy (non-hydrogen) atoms. The van der Waals surface area contributed by atoms with E-state index in [0.29, 0.717) is 29.9 Å². The van der Waals surface area contributed by atoms with Crippen LogP contribution in [0.15, 0.2) is 29.4 Å². The summed E-state index contributed by atoms with van der Waals surface area (Å²) in [5.74, 6) is 0.352. The zero-order valence-electron chi connectivity index (χ0n) is 14.8. The van der Waals surface area contributed by atoms with E-state index in [4.69, 9.17) is 9.94 Å². The molecule has 0 amide bonds. The van der Waals surface area contributed by atoms with Crippen molar-refractivity contribution in [2.75, 3.05) is 6.61 Å². The summed E-state index contributed by atoms with van der Waals surface area (Å²) < 4.78 is 2.25. The minimum absolute atomic E-state index is 0.349. The number of imidazole rings is 1. The van der Waals surface area contributed by atoms with E-state index in [1.54, 1.807) is 0 Å². The lowest BCUT2D eigenvalue weighted by molar-refractivity contribution is -0.142. The van der Waals surface area contributed by atoms with Crippen molar-refractivity contribution in [2.24, 2.45) is 11.1 Å². The van der Waals surface area contributed by atoms with Crippen molar-refractivity contribution < 1.29 is 14.7 Å². The van der Waals surface area contributed by atoms with E-state index < -0.39 is 12.6 Å². The second-order valence-electron chi connectivity index (χ2n) is 7.38. The number of aliphatic carboxylic acids is 1. The fourth-order valence-electron chi connectivity index (χ4n) is 4.35. The van der Waals surface area contributed by atoms with E-state index in [0.717, 1.165) is 23.9 Å². The van der Waals surface area contributed by atoms with E-state index in [1.807, 2.05) is 18.2 Å². The van der Waals surface area contributed by atoms with Gasteiger partial charge in [-0.25, -0.2) is 9.78 Å². The Bertz CT molecular complexity index is 831. The molecule has 0 radical (unpaired) electrons. The quantitative estimate of drug-likeness (QED) is 0.635. The van der Waals surface area contributed by atoms with Gasteiger partial charge in [-0.1, -0.05) is 24.2 Å². The number of benzene rings is 1. The summed E-state index contributed by atoms with van der Waals surface area (Å²) in [6.45, 7) is 1.87. The molecule has 2 N–H and O–H groups in total. The lowest BCUT2D eigenvalue weighted by Gasteiger charge is -2.44. The number of oxime groups is 1. The topological polar surface area (TPSA) is 88.7 Å². The Kier molecular flexibility index (Phi) is 4.63. The summed E-state index contributed by atoms with van der Waals surface area (Å²) in [5.41, 5.74) is 2.01. The molecule has 1 aromatic carbocycles. The van der Waals surface area contributed by atoms with Crippen LogP contribution < -0.4 is 5.32 Å². The molecule has 2 aliphatic rings. The Morgan fingerprint density at radius 2 is 2.27 bits per heavy atom. The molecule has 4 atom stereocenters. The van der Waals surface area contributed by atoms with Crippen molar-refractivity contribution in [1.82, 2.24) is 14.9 Å². The van der Waals surface area contributed by atoms with Gasteiger partial charge in [0, 0.05) is 18.1 Å². The van der Waals surface area contributed by atoms with Gasteiger partial charge < -0.3 is 19.8 Å². The molecule has 7 nitrogen and oxygen atoms in total. The molecular weight excluding hydrogens is 332 g/mol. The SMILES string of the molecule is CC1CC[C@@H]2CC(n3c(/C=N/OCC(=O)O)nc4ccccc43)CC1N2. The number of nitrogens with one attached hydrogen (secondary N) is 1. The Morgan fingerprint density at radius 3 is 3.12 bits per heavy atom. The first-order valence-electron chi connectivity index (χ1n) is 9.22. The number of piperidine rings is 2. The van der Waals surface area contributed by atoms with Gasteiger partial charge in [-0.3, -0.25) is 0 Å². The second-order valence-corrected chi connectivity index (χ2v) is 7.38. The molecule has 3 heterocycles. The van der Waals surface area contributed by atoms with Crippen molar-refractivity contribution in [1.29, 1.82) is 0 Å². The van der Waals surface area contributed by atoms with Crippen LogP contribution in [0, 0.1) is 5.92 Å². The third-order valence-electron chi connectivity index (χ3n) is 5.61. The van der Waals surface area contributed by atoms with Gasteiger partial charge in [0.1, 0.15) is 6.21 Å². The highest BCUT2D eigenvalue weighted by Crippen LogP contribution is 2.37. The third kappa shape index (κ3) is 3.31. The zero-order valence-corrected chi connectivity index (χ0v) is 14.8. The number of carbonyl (C=O) groups is 1. The van der Waals surface area contributed by atoms with Crippen LogP contribution in [-0.4, -0.2) is 45.5 Å². The molecule has 2 fully saturated rings. The number of nitrogens with zero attached hydrogens (tertiary/aromatic N) is 3. The Balaban J connectivity index is 1.66. The van der Waals surface area contributed by atoms with Crippen LogP contribution in [0.3, 0.4) is 0 Å². The predicted octanol–water partition coefficient (Wildman–Crippen LogP) is 2.56. The number of hydrogen-bond acceptors (Lipinski definition) is 5. The van der Waals surface area contributed by atoms with E-state index in [-0.39, 0.29) is 0 Å². The summed E-state index contributed by atoms with van der Waals surface area (Å²) in [4.78, 5) is 20.1. The Morgan fingerprint density at radius 1 is 1.42 bits per heavy atom. The number of rotatable bonds is 5. The van der Waals surface area contributed by atoms with Gasteiger partial charge in [-0.15, -0.1) is 0 Å². The van der Waals surface area contributed by atoms with Crippen LogP contribution in [0.4, 0.5) is 0 Å². The van der Waals surface area contributed by atoms with Gasteiger partial charge in [-0.05, 0) is 43.7 Å². The minimum Gasteiger partial charge on any atom is -0.479 e. The minimum atomic E-state index is -1.05. The predicted molar refractivity (Wildman–Crippen MR) is 98.3 cm³/mol. The van der Waals surface area contributed by atoms with Crippen LogP contribution in [0.2, 0.25) is 0 Å². The normalized spacial score (nSPS) is 28.5. The molecule has 1 aromatic heterocycles. The summed E-state index contributed by atoms with van der Waals surface area (Å²) >= 11 is 0. The first kappa shape index (κ1) is 17.0. The molecule has 0 spiro atoms. The van der Waals surface area contributed by atoms with Gasteiger partial charge in [0.25, 0.3) is 0 Å². The fourth-order valence-corrected chi connectivity index (χ4v) is 4.35. The van der Waals surface area contributed by atoms with Crippen LogP contribution in [0.25, 0.3) is 11.0 Å². The summed E-state index contributed by atoms with van der Waals surface area (Å²) in [6, 6.07) is 9.49. The average molecular weight is 356 g/mol. The van der Waals surface area contributed by atoms with E-state index in [1.165, 1.54) is 19.1 Å². The lowest BCUT2D eigenvalue weighted by Crippen LogP contribution is -2.52. The molecule has 2 bridgehead atoms. The first-order valence-corrected chi connectivity index (χ1v) is 9.22. The van der Waals surface area contributed by atoms with Crippen LogP contribution in [0.1, 0.15) is 44.5 Å². The van der Waals surface area contributed by atoms with Crippen molar-refractivity contribution in [3.8, 4) is 0 Å². The number of hydrogen-bond donors (Lipinski definition) is 2. The molecule has 0 aliphatic carbocycles. The maximum Gasteiger partial charge on any atom is 0.344 e. The van der Waals surface area contributed by atoms with Gasteiger partial charge >= 0.3 is 5.97 Å². The zero-order chi connectivity index (χ0) is 18.1. The number of para-hydroxylation sites is 2. The third-order valence-corrected chi connectivity index (χ3v) is 5.61. The van der Waals surface area contributed by atoms with E-state index >= 15 is 0 Å². The molecule has 7 heteroatoms. The summed E-state index contributed by atoms with van der Waals surface area (Å²) in [7, 11) is 0. The van der Waals surface area contributed by atoms with Crippen LogP contribution in [-0.2, 0) is 9.63 Å². The average Bonchev–Trinajstić information content (AvgIpc) is 3.00.